The number of nitrogens with one attached hydrogen (secondary N) is 1. The van der Waals surface area contributed by atoms with Crippen LogP contribution in [0.1, 0.15) is 5.56 Å². The topological polar surface area (TPSA) is 91.7 Å². The van der Waals surface area contributed by atoms with E-state index in [0.29, 0.717) is 28.5 Å². The Labute approximate surface area is 180 Å². The second-order valence-corrected chi connectivity index (χ2v) is 6.80. The summed E-state index contributed by atoms with van der Waals surface area (Å²) < 4.78 is 17.4. The number of amides is 1. The number of hydrogen-bond donors (Lipinski definition) is 1. The molecule has 2 aromatic carbocycles. The van der Waals surface area contributed by atoms with Gasteiger partial charge in [-0.3, -0.25) is 9.59 Å². The molecule has 0 unspecified atom stereocenters. The third-order valence-corrected chi connectivity index (χ3v) is 4.59. The maximum absolute atomic E-state index is 12.2. The van der Waals surface area contributed by atoms with Crippen LogP contribution in [0.2, 0.25) is 0 Å². The van der Waals surface area contributed by atoms with Crippen LogP contribution in [0.25, 0.3) is 11.3 Å². The van der Waals surface area contributed by atoms with Crippen LogP contribution < -0.4 is 25.1 Å². The van der Waals surface area contributed by atoms with E-state index in [1.54, 1.807) is 38.5 Å². The lowest BCUT2D eigenvalue weighted by atomic mass is 10.1. The standard InChI is InChI=1S/C23H25N3O5/c1-16-4-6-17(7-5-16)31-15-22(27)24-12-13-26-23(28)11-9-20(25-26)19-14-18(29-2)8-10-21(19)30-3/h4-11,14H,12-13,15H2,1-3H3,(H,24,27). The van der Waals surface area contributed by atoms with Gasteiger partial charge in [0.25, 0.3) is 11.5 Å². The van der Waals surface area contributed by atoms with Crippen LogP contribution >= 0.6 is 0 Å². The Kier molecular flexibility index (Phi) is 7.26. The monoisotopic (exact) mass is 423 g/mol. The minimum atomic E-state index is -0.278. The molecule has 1 heterocycles. The first-order valence-electron chi connectivity index (χ1n) is 9.77. The van der Waals surface area contributed by atoms with Crippen molar-refractivity contribution in [1.29, 1.82) is 0 Å². The van der Waals surface area contributed by atoms with Crippen LogP contribution in [0, 0.1) is 6.92 Å². The fraction of sp³-hybridized carbons (Fsp3) is 0.261. The Balaban J connectivity index is 1.62. The van der Waals surface area contributed by atoms with E-state index < -0.39 is 0 Å². The van der Waals surface area contributed by atoms with Crippen molar-refractivity contribution in [2.24, 2.45) is 0 Å². The number of aromatic nitrogens is 2. The van der Waals surface area contributed by atoms with Gasteiger partial charge in [0.05, 0.1) is 26.5 Å². The molecule has 0 aliphatic carbocycles. The molecule has 0 aliphatic heterocycles. The molecular weight excluding hydrogens is 398 g/mol. The maximum atomic E-state index is 12.2. The average Bonchev–Trinajstić information content (AvgIpc) is 2.79. The molecule has 8 heteroatoms. The summed E-state index contributed by atoms with van der Waals surface area (Å²) in [5.74, 6) is 1.61. The quantitative estimate of drug-likeness (QED) is 0.568. The molecule has 31 heavy (non-hydrogen) atoms. The van der Waals surface area contributed by atoms with Gasteiger partial charge < -0.3 is 19.5 Å². The van der Waals surface area contributed by atoms with Gasteiger partial charge in [-0.1, -0.05) is 17.7 Å². The van der Waals surface area contributed by atoms with E-state index in [1.165, 1.54) is 10.7 Å². The van der Waals surface area contributed by atoms with Gasteiger partial charge in [0.2, 0.25) is 0 Å². The summed E-state index contributed by atoms with van der Waals surface area (Å²) in [6, 6.07) is 15.9. The number of carbonyl (C=O) groups excluding carboxylic acids is 1. The molecule has 0 aliphatic rings. The van der Waals surface area contributed by atoms with Crippen molar-refractivity contribution in [3.05, 3.63) is 70.5 Å². The van der Waals surface area contributed by atoms with E-state index >= 15 is 0 Å². The minimum absolute atomic E-state index is 0.105. The number of nitrogens with zero attached hydrogens (tertiary/aromatic N) is 2. The third kappa shape index (κ3) is 5.85. The molecule has 0 saturated carbocycles. The second kappa shape index (κ2) is 10.3. The Morgan fingerprint density at radius 2 is 1.74 bits per heavy atom. The molecule has 3 aromatic rings. The van der Waals surface area contributed by atoms with Gasteiger partial charge in [0, 0.05) is 18.2 Å². The van der Waals surface area contributed by atoms with Gasteiger partial charge >= 0.3 is 0 Å². The number of methoxy groups -OCH3 is 2. The molecular formula is C23H25N3O5. The SMILES string of the molecule is COc1ccc(OC)c(-c2ccc(=O)n(CCNC(=O)COc3ccc(C)cc3)n2)c1. The zero-order valence-electron chi connectivity index (χ0n) is 17.8. The van der Waals surface area contributed by atoms with Crippen LogP contribution in [0.4, 0.5) is 0 Å². The van der Waals surface area contributed by atoms with Gasteiger partial charge in [-0.25, -0.2) is 4.68 Å². The molecule has 1 N–H and O–H groups in total. The van der Waals surface area contributed by atoms with Crippen molar-refractivity contribution in [2.45, 2.75) is 13.5 Å². The molecule has 0 fully saturated rings. The van der Waals surface area contributed by atoms with E-state index in [0.717, 1.165) is 5.56 Å². The predicted octanol–water partition coefficient (Wildman–Crippen LogP) is 2.43. The summed E-state index contributed by atoms with van der Waals surface area (Å²) in [7, 11) is 3.14. The molecule has 1 aromatic heterocycles. The average molecular weight is 423 g/mol. The smallest absolute Gasteiger partial charge is 0.266 e. The zero-order chi connectivity index (χ0) is 22.2. The molecule has 8 nitrogen and oxygen atoms in total. The van der Waals surface area contributed by atoms with Crippen LogP contribution in [-0.2, 0) is 11.3 Å². The van der Waals surface area contributed by atoms with E-state index in [-0.39, 0.29) is 31.2 Å². The normalized spacial score (nSPS) is 10.4. The van der Waals surface area contributed by atoms with Crippen LogP contribution in [0.3, 0.4) is 0 Å². The van der Waals surface area contributed by atoms with Gasteiger partial charge in [-0.2, -0.15) is 5.10 Å². The Morgan fingerprint density at radius 1 is 1.00 bits per heavy atom. The van der Waals surface area contributed by atoms with E-state index in [1.807, 2.05) is 31.2 Å². The lowest BCUT2D eigenvalue weighted by Crippen LogP contribution is -2.34. The summed E-state index contributed by atoms with van der Waals surface area (Å²) in [5, 5.41) is 7.14. The highest BCUT2D eigenvalue weighted by Crippen LogP contribution is 2.31. The van der Waals surface area contributed by atoms with E-state index in [9.17, 15) is 9.59 Å². The predicted molar refractivity (Wildman–Crippen MR) is 117 cm³/mol. The van der Waals surface area contributed by atoms with Crippen molar-refractivity contribution < 1.29 is 19.0 Å². The fourth-order valence-corrected chi connectivity index (χ4v) is 2.90. The van der Waals surface area contributed by atoms with Crippen molar-refractivity contribution in [3.63, 3.8) is 0 Å². The highest BCUT2D eigenvalue weighted by Gasteiger charge is 2.11. The second-order valence-electron chi connectivity index (χ2n) is 6.80. The van der Waals surface area contributed by atoms with Crippen molar-refractivity contribution in [3.8, 4) is 28.5 Å². The van der Waals surface area contributed by atoms with Crippen molar-refractivity contribution in [2.75, 3.05) is 27.4 Å². The molecule has 0 saturated heterocycles. The first kappa shape index (κ1) is 21.9. The molecule has 0 spiro atoms. The van der Waals surface area contributed by atoms with Crippen molar-refractivity contribution in [1.82, 2.24) is 15.1 Å². The number of aryl methyl sites for hydroxylation is 1. The third-order valence-electron chi connectivity index (χ3n) is 4.59. The molecule has 3 rings (SSSR count). The summed E-state index contributed by atoms with van der Waals surface area (Å²) in [4.78, 5) is 24.2. The Morgan fingerprint density at radius 3 is 2.45 bits per heavy atom. The summed E-state index contributed by atoms with van der Waals surface area (Å²) in [5.41, 5.74) is 2.11. The molecule has 0 bridgehead atoms. The highest BCUT2D eigenvalue weighted by molar-refractivity contribution is 5.77. The van der Waals surface area contributed by atoms with Crippen LogP contribution in [-0.4, -0.2) is 43.1 Å². The molecule has 162 valence electrons. The van der Waals surface area contributed by atoms with Gasteiger partial charge in [0.1, 0.15) is 17.2 Å². The Bertz CT molecular complexity index is 1090. The largest absolute Gasteiger partial charge is 0.497 e. The number of ether oxygens (including phenoxy) is 3. The number of benzene rings is 2. The zero-order valence-corrected chi connectivity index (χ0v) is 17.8. The Hall–Kier alpha value is -3.81. The van der Waals surface area contributed by atoms with Gasteiger partial charge in [-0.05, 0) is 43.3 Å². The van der Waals surface area contributed by atoms with Crippen LogP contribution in [0.15, 0.2) is 59.4 Å². The van der Waals surface area contributed by atoms with Gasteiger partial charge in [-0.15, -0.1) is 0 Å². The van der Waals surface area contributed by atoms with Crippen LogP contribution in [0.5, 0.6) is 17.2 Å². The first-order chi connectivity index (χ1) is 15.0. The highest BCUT2D eigenvalue weighted by atomic mass is 16.5. The number of hydrogen-bond acceptors (Lipinski definition) is 6. The fourth-order valence-electron chi connectivity index (χ4n) is 2.90. The lowest BCUT2D eigenvalue weighted by Gasteiger charge is -2.12. The number of carbonyl (C=O) groups is 1. The van der Waals surface area contributed by atoms with Gasteiger partial charge in [0.15, 0.2) is 6.61 Å². The summed E-state index contributed by atoms with van der Waals surface area (Å²) in [6.45, 7) is 2.33. The summed E-state index contributed by atoms with van der Waals surface area (Å²) in [6.07, 6.45) is 0. The molecule has 1 amide bonds. The van der Waals surface area contributed by atoms with E-state index in [2.05, 4.69) is 10.4 Å². The van der Waals surface area contributed by atoms with Crippen molar-refractivity contribution >= 4 is 5.91 Å². The molecule has 0 atom stereocenters. The maximum Gasteiger partial charge on any atom is 0.266 e. The minimum Gasteiger partial charge on any atom is -0.497 e. The van der Waals surface area contributed by atoms with E-state index in [4.69, 9.17) is 14.2 Å². The first-order valence-corrected chi connectivity index (χ1v) is 9.77. The summed E-state index contributed by atoms with van der Waals surface area (Å²) >= 11 is 0. The molecule has 0 radical (unpaired) electrons. The lowest BCUT2D eigenvalue weighted by molar-refractivity contribution is -0.123. The number of rotatable bonds is 9.